The monoisotopic (exact) mass is 391 g/mol. The van der Waals surface area contributed by atoms with Gasteiger partial charge in [-0.05, 0) is 42.7 Å². The normalized spacial score (nSPS) is 10.5. The van der Waals surface area contributed by atoms with Gasteiger partial charge in [0.15, 0.2) is 0 Å². The van der Waals surface area contributed by atoms with Crippen molar-refractivity contribution in [3.8, 4) is 11.5 Å². The maximum atomic E-state index is 12.6. The summed E-state index contributed by atoms with van der Waals surface area (Å²) >= 11 is 3.41. The van der Waals surface area contributed by atoms with Crippen LogP contribution in [0.4, 0.5) is 5.69 Å². The van der Waals surface area contributed by atoms with Gasteiger partial charge in [-0.25, -0.2) is 0 Å². The number of benzene rings is 2. The van der Waals surface area contributed by atoms with Gasteiger partial charge < -0.3 is 14.8 Å². The molecule has 0 unspecified atom stereocenters. The van der Waals surface area contributed by atoms with Crippen molar-refractivity contribution in [1.29, 1.82) is 0 Å². The van der Waals surface area contributed by atoms with Gasteiger partial charge in [-0.3, -0.25) is 4.79 Å². The van der Waals surface area contributed by atoms with Gasteiger partial charge >= 0.3 is 0 Å². The molecule has 0 saturated carbocycles. The molecule has 2 aromatic carbocycles. The van der Waals surface area contributed by atoms with Gasteiger partial charge in [0.1, 0.15) is 11.5 Å². The van der Waals surface area contributed by atoms with Crippen LogP contribution in [-0.4, -0.2) is 19.6 Å². The Hall–Kier alpha value is -2.01. The number of nitrogens with one attached hydrogen (secondary N) is 1. The molecule has 0 heterocycles. The van der Waals surface area contributed by atoms with Crippen molar-refractivity contribution in [2.75, 3.05) is 19.0 Å². The summed E-state index contributed by atoms with van der Waals surface area (Å²) in [4.78, 5) is 12.6. The predicted octanol–water partition coefficient (Wildman–Crippen LogP) is 5.13. The van der Waals surface area contributed by atoms with Gasteiger partial charge in [0, 0.05) is 16.2 Å². The fourth-order valence-corrected chi connectivity index (χ4v) is 2.47. The number of amides is 1. The van der Waals surface area contributed by atoms with Crippen molar-refractivity contribution in [2.45, 2.75) is 20.3 Å². The number of hydrogen-bond donors (Lipinski definition) is 1. The Balaban J connectivity index is 2.16. The smallest absolute Gasteiger partial charge is 0.259 e. The molecule has 0 aliphatic rings. The van der Waals surface area contributed by atoms with Crippen LogP contribution in [0.2, 0.25) is 0 Å². The molecule has 0 aliphatic heterocycles. The topological polar surface area (TPSA) is 47.6 Å². The van der Waals surface area contributed by atoms with E-state index in [1.54, 1.807) is 19.2 Å². The van der Waals surface area contributed by atoms with Crippen molar-refractivity contribution in [1.82, 2.24) is 0 Å². The lowest BCUT2D eigenvalue weighted by Gasteiger charge is -2.13. The maximum Gasteiger partial charge on any atom is 0.259 e. The number of methoxy groups -OCH3 is 1. The number of anilines is 1. The quantitative estimate of drug-likeness (QED) is 0.710. The van der Waals surface area contributed by atoms with Gasteiger partial charge in [0.25, 0.3) is 5.91 Å². The highest BCUT2D eigenvalue weighted by molar-refractivity contribution is 9.10. The van der Waals surface area contributed by atoms with Crippen molar-refractivity contribution >= 4 is 27.5 Å². The Morgan fingerprint density at radius 1 is 1.21 bits per heavy atom. The molecule has 1 N–H and O–H groups in total. The first-order valence-electron chi connectivity index (χ1n) is 7.87. The minimum atomic E-state index is -0.218. The molecule has 0 bridgehead atoms. The van der Waals surface area contributed by atoms with Crippen LogP contribution in [-0.2, 0) is 0 Å². The summed E-state index contributed by atoms with van der Waals surface area (Å²) in [5.74, 6) is 1.60. The van der Waals surface area contributed by atoms with E-state index < -0.39 is 0 Å². The van der Waals surface area contributed by atoms with Crippen LogP contribution in [0.25, 0.3) is 0 Å². The summed E-state index contributed by atoms with van der Waals surface area (Å²) in [5, 5.41) is 2.88. The van der Waals surface area contributed by atoms with Crippen molar-refractivity contribution in [3.63, 3.8) is 0 Å². The zero-order chi connectivity index (χ0) is 17.5. The van der Waals surface area contributed by atoms with Gasteiger partial charge in [0.05, 0.1) is 19.3 Å². The highest BCUT2D eigenvalue weighted by atomic mass is 79.9. The average Bonchev–Trinajstić information content (AvgIpc) is 2.56. The van der Waals surface area contributed by atoms with Crippen LogP contribution in [0.3, 0.4) is 0 Å². The average molecular weight is 392 g/mol. The maximum absolute atomic E-state index is 12.6. The molecule has 2 rings (SSSR count). The second-order valence-electron chi connectivity index (χ2n) is 5.86. The molecule has 2 aromatic rings. The molecule has 24 heavy (non-hydrogen) atoms. The molecule has 0 spiro atoms. The van der Waals surface area contributed by atoms with E-state index in [9.17, 15) is 4.79 Å². The standard InChI is InChI=1S/C19H22BrNO3/c1-13(2)9-10-24-18-8-7-14(20)11-17(18)19(22)21-15-5-4-6-16(12-15)23-3/h4-8,11-13H,9-10H2,1-3H3,(H,21,22). The first-order valence-corrected chi connectivity index (χ1v) is 8.66. The van der Waals surface area contributed by atoms with E-state index in [0.29, 0.717) is 35.3 Å². The fourth-order valence-electron chi connectivity index (χ4n) is 2.11. The second-order valence-corrected chi connectivity index (χ2v) is 6.77. The number of rotatable bonds is 7. The molecule has 0 aromatic heterocycles. The Morgan fingerprint density at radius 3 is 2.71 bits per heavy atom. The highest BCUT2D eigenvalue weighted by Gasteiger charge is 2.14. The van der Waals surface area contributed by atoms with Gasteiger partial charge in [-0.15, -0.1) is 0 Å². The summed E-state index contributed by atoms with van der Waals surface area (Å²) in [5.41, 5.74) is 1.17. The minimum Gasteiger partial charge on any atom is -0.497 e. The number of hydrogen-bond acceptors (Lipinski definition) is 3. The van der Waals surface area contributed by atoms with Crippen molar-refractivity contribution in [3.05, 3.63) is 52.5 Å². The van der Waals surface area contributed by atoms with E-state index in [0.717, 1.165) is 10.9 Å². The number of carbonyl (C=O) groups is 1. The summed E-state index contributed by atoms with van der Waals surface area (Å²) in [7, 11) is 1.59. The molecule has 0 atom stereocenters. The van der Waals surface area contributed by atoms with Crippen LogP contribution < -0.4 is 14.8 Å². The third-order valence-electron chi connectivity index (χ3n) is 3.47. The summed E-state index contributed by atoms with van der Waals surface area (Å²) < 4.78 is 11.8. The highest BCUT2D eigenvalue weighted by Crippen LogP contribution is 2.25. The van der Waals surface area contributed by atoms with E-state index >= 15 is 0 Å². The zero-order valence-corrected chi connectivity index (χ0v) is 15.7. The Morgan fingerprint density at radius 2 is 2.00 bits per heavy atom. The van der Waals surface area contributed by atoms with Crippen molar-refractivity contribution < 1.29 is 14.3 Å². The minimum absolute atomic E-state index is 0.218. The first-order chi connectivity index (χ1) is 11.5. The molecular formula is C19H22BrNO3. The third-order valence-corrected chi connectivity index (χ3v) is 3.96. The Kier molecular flexibility index (Phi) is 6.67. The summed E-state index contributed by atoms with van der Waals surface area (Å²) in [6.45, 7) is 4.86. The van der Waals surface area contributed by atoms with Crippen molar-refractivity contribution in [2.24, 2.45) is 5.92 Å². The van der Waals surface area contributed by atoms with E-state index in [1.165, 1.54) is 0 Å². The molecule has 0 radical (unpaired) electrons. The SMILES string of the molecule is COc1cccc(NC(=O)c2cc(Br)ccc2OCCC(C)C)c1. The van der Waals surface area contributed by atoms with E-state index in [-0.39, 0.29) is 5.91 Å². The van der Waals surface area contributed by atoms with Crippen LogP contribution >= 0.6 is 15.9 Å². The van der Waals surface area contributed by atoms with E-state index in [2.05, 4.69) is 35.1 Å². The molecule has 5 heteroatoms. The predicted molar refractivity (Wildman–Crippen MR) is 100 cm³/mol. The molecule has 0 fully saturated rings. The molecule has 128 valence electrons. The van der Waals surface area contributed by atoms with Gasteiger partial charge in [-0.1, -0.05) is 35.8 Å². The lowest BCUT2D eigenvalue weighted by molar-refractivity contribution is 0.102. The van der Waals surface area contributed by atoms with Gasteiger partial charge in [-0.2, -0.15) is 0 Å². The lowest BCUT2D eigenvalue weighted by Crippen LogP contribution is -2.14. The fraction of sp³-hybridized carbons (Fsp3) is 0.316. The summed E-state index contributed by atoms with van der Waals surface area (Å²) in [6, 6.07) is 12.7. The molecule has 0 aliphatic carbocycles. The number of halogens is 1. The number of carbonyl (C=O) groups excluding carboxylic acids is 1. The molecular weight excluding hydrogens is 370 g/mol. The number of ether oxygens (including phenoxy) is 2. The molecule has 1 amide bonds. The van der Waals surface area contributed by atoms with Gasteiger partial charge in [0.2, 0.25) is 0 Å². The molecule has 4 nitrogen and oxygen atoms in total. The first kappa shape index (κ1) is 18.3. The lowest BCUT2D eigenvalue weighted by atomic mass is 10.1. The van der Waals surface area contributed by atoms with Crippen LogP contribution in [0.15, 0.2) is 46.9 Å². The van der Waals surface area contributed by atoms with E-state index in [1.807, 2.05) is 30.3 Å². The Labute approximate surface area is 151 Å². The molecule has 0 saturated heterocycles. The Bertz CT molecular complexity index is 701. The van der Waals surface area contributed by atoms with E-state index in [4.69, 9.17) is 9.47 Å². The summed E-state index contributed by atoms with van der Waals surface area (Å²) in [6.07, 6.45) is 0.938. The second kappa shape index (κ2) is 8.73. The van der Waals surface area contributed by atoms with Crippen LogP contribution in [0.5, 0.6) is 11.5 Å². The zero-order valence-electron chi connectivity index (χ0n) is 14.1. The van der Waals surface area contributed by atoms with Crippen LogP contribution in [0, 0.1) is 5.92 Å². The van der Waals surface area contributed by atoms with Crippen LogP contribution in [0.1, 0.15) is 30.6 Å². The third kappa shape index (κ3) is 5.27. The largest absolute Gasteiger partial charge is 0.497 e.